The Morgan fingerprint density at radius 3 is 2.70 bits per heavy atom. The summed E-state index contributed by atoms with van der Waals surface area (Å²) in [7, 11) is 0. The number of ether oxygens (including phenoxy) is 1. The number of carbonyl (C=O) groups excluding carboxylic acids is 1. The molecule has 0 radical (unpaired) electrons. The van der Waals surface area contributed by atoms with Crippen molar-refractivity contribution < 1.29 is 18.3 Å². The van der Waals surface area contributed by atoms with Crippen molar-refractivity contribution in [3.05, 3.63) is 59.7 Å². The molecule has 5 heteroatoms. The number of aryl methyl sites for hydroxylation is 1. The number of carbonyl (C=O) groups is 1. The number of benzene rings is 2. The molecule has 1 N–H and O–H groups in total. The molecule has 0 atom stereocenters. The number of hydrogen-bond acceptors (Lipinski definition) is 2. The average Bonchev–Trinajstić information content (AvgIpc) is 2.40. The van der Waals surface area contributed by atoms with Crippen molar-refractivity contribution in [3.63, 3.8) is 0 Å². The van der Waals surface area contributed by atoms with Crippen molar-refractivity contribution in [2.75, 3.05) is 11.9 Å². The zero-order valence-electron chi connectivity index (χ0n) is 10.8. The van der Waals surface area contributed by atoms with Crippen molar-refractivity contribution in [1.29, 1.82) is 0 Å². The molecule has 2 aromatic rings. The topological polar surface area (TPSA) is 38.3 Å². The molecule has 0 aliphatic carbocycles. The first-order chi connectivity index (χ1) is 9.54. The lowest BCUT2D eigenvalue weighted by atomic mass is 10.2. The van der Waals surface area contributed by atoms with Crippen LogP contribution in [0.4, 0.5) is 14.5 Å². The summed E-state index contributed by atoms with van der Waals surface area (Å²) in [5.74, 6) is -1.24. The zero-order valence-corrected chi connectivity index (χ0v) is 10.8. The van der Waals surface area contributed by atoms with Crippen molar-refractivity contribution in [3.8, 4) is 5.75 Å². The highest BCUT2D eigenvalue weighted by molar-refractivity contribution is 5.92. The van der Waals surface area contributed by atoms with Crippen molar-refractivity contribution >= 4 is 11.6 Å². The molecule has 3 nitrogen and oxygen atoms in total. The van der Waals surface area contributed by atoms with Crippen LogP contribution in [0.25, 0.3) is 0 Å². The van der Waals surface area contributed by atoms with Gasteiger partial charge in [-0.2, -0.15) is 0 Å². The molecular weight excluding hydrogens is 264 g/mol. The highest BCUT2D eigenvalue weighted by Gasteiger charge is 2.08. The predicted octanol–water partition coefficient (Wildman–Crippen LogP) is 3.29. The van der Waals surface area contributed by atoms with Crippen LogP contribution in [0.2, 0.25) is 0 Å². The van der Waals surface area contributed by atoms with Crippen molar-refractivity contribution in [2.45, 2.75) is 6.92 Å². The molecule has 0 saturated heterocycles. The third-order valence-electron chi connectivity index (χ3n) is 2.56. The molecule has 2 aromatic carbocycles. The Morgan fingerprint density at radius 2 is 2.00 bits per heavy atom. The van der Waals surface area contributed by atoms with Crippen LogP contribution in [0, 0.1) is 18.6 Å². The average molecular weight is 277 g/mol. The second-order valence-corrected chi connectivity index (χ2v) is 4.28. The minimum Gasteiger partial charge on any atom is -0.484 e. The lowest BCUT2D eigenvalue weighted by Crippen LogP contribution is -2.20. The molecule has 0 aliphatic heterocycles. The van der Waals surface area contributed by atoms with Crippen molar-refractivity contribution in [1.82, 2.24) is 0 Å². The largest absolute Gasteiger partial charge is 0.484 e. The van der Waals surface area contributed by atoms with Gasteiger partial charge in [-0.15, -0.1) is 0 Å². The minimum absolute atomic E-state index is 0.0865. The first-order valence-corrected chi connectivity index (χ1v) is 5.99. The summed E-state index contributed by atoms with van der Waals surface area (Å²) in [6.07, 6.45) is 0. The summed E-state index contributed by atoms with van der Waals surface area (Å²) in [5, 5.41) is 2.39. The van der Waals surface area contributed by atoms with Gasteiger partial charge in [0.2, 0.25) is 0 Å². The number of halogens is 2. The van der Waals surface area contributed by atoms with Gasteiger partial charge in [0.25, 0.3) is 5.91 Å². The van der Waals surface area contributed by atoms with Gasteiger partial charge in [0.05, 0.1) is 5.69 Å². The molecule has 0 saturated carbocycles. The number of rotatable bonds is 4. The number of nitrogens with one attached hydrogen (secondary N) is 1. The fourth-order valence-electron chi connectivity index (χ4n) is 1.61. The first-order valence-electron chi connectivity index (χ1n) is 5.99. The van der Waals surface area contributed by atoms with E-state index in [9.17, 15) is 13.6 Å². The molecule has 0 unspecified atom stereocenters. The summed E-state index contributed by atoms with van der Waals surface area (Å²) in [4.78, 5) is 11.6. The summed E-state index contributed by atoms with van der Waals surface area (Å²) in [6, 6.07) is 9.93. The van der Waals surface area contributed by atoms with Gasteiger partial charge in [0.1, 0.15) is 17.4 Å². The predicted molar refractivity (Wildman–Crippen MR) is 71.7 cm³/mol. The molecule has 20 heavy (non-hydrogen) atoms. The van der Waals surface area contributed by atoms with E-state index in [1.54, 1.807) is 13.0 Å². The Morgan fingerprint density at radius 1 is 1.20 bits per heavy atom. The van der Waals surface area contributed by atoms with Gasteiger partial charge < -0.3 is 10.1 Å². The van der Waals surface area contributed by atoms with Crippen LogP contribution in [0.1, 0.15) is 5.56 Å². The molecule has 2 rings (SSSR count). The lowest BCUT2D eigenvalue weighted by Gasteiger charge is -2.08. The molecule has 1 amide bonds. The van der Waals surface area contributed by atoms with Gasteiger partial charge in [-0.1, -0.05) is 12.1 Å². The Bertz CT molecular complexity index is 629. The number of hydrogen-bond donors (Lipinski definition) is 1. The maximum atomic E-state index is 13.5. The van der Waals surface area contributed by atoms with Gasteiger partial charge in [-0.3, -0.25) is 4.79 Å². The third-order valence-corrected chi connectivity index (χ3v) is 2.56. The molecule has 0 aromatic heterocycles. The third kappa shape index (κ3) is 3.78. The van der Waals surface area contributed by atoms with Gasteiger partial charge in [-0.25, -0.2) is 8.78 Å². The van der Waals surface area contributed by atoms with Gasteiger partial charge in [-0.05, 0) is 36.8 Å². The van der Waals surface area contributed by atoms with E-state index in [0.29, 0.717) is 0 Å². The highest BCUT2D eigenvalue weighted by atomic mass is 19.1. The van der Waals surface area contributed by atoms with Crippen molar-refractivity contribution in [2.24, 2.45) is 0 Å². The zero-order chi connectivity index (χ0) is 14.5. The van der Waals surface area contributed by atoms with Crippen LogP contribution in [-0.4, -0.2) is 12.5 Å². The van der Waals surface area contributed by atoms with Gasteiger partial charge in [0, 0.05) is 6.07 Å². The molecule has 0 aliphatic rings. The van der Waals surface area contributed by atoms with Crippen LogP contribution in [-0.2, 0) is 4.79 Å². The van der Waals surface area contributed by atoms with E-state index in [1.807, 2.05) is 0 Å². The van der Waals surface area contributed by atoms with Crippen LogP contribution < -0.4 is 10.1 Å². The van der Waals surface area contributed by atoms with Gasteiger partial charge >= 0.3 is 0 Å². The summed E-state index contributed by atoms with van der Waals surface area (Å²) < 4.78 is 31.5. The summed E-state index contributed by atoms with van der Waals surface area (Å²) in [6.45, 7) is 1.43. The van der Waals surface area contributed by atoms with Crippen LogP contribution >= 0.6 is 0 Å². The van der Waals surface area contributed by atoms with E-state index >= 15 is 0 Å². The SMILES string of the molecule is Cc1ccc(NC(=O)COc2cccc(F)c2)c(F)c1. The summed E-state index contributed by atoms with van der Waals surface area (Å²) >= 11 is 0. The number of amides is 1. The van der Waals surface area contributed by atoms with E-state index in [2.05, 4.69) is 5.32 Å². The quantitative estimate of drug-likeness (QED) is 0.931. The second kappa shape index (κ2) is 6.14. The Hall–Kier alpha value is -2.43. The van der Waals surface area contributed by atoms with E-state index in [0.717, 1.165) is 5.56 Å². The maximum Gasteiger partial charge on any atom is 0.262 e. The molecular formula is C15H13F2NO2. The fraction of sp³-hybridized carbons (Fsp3) is 0.133. The summed E-state index contributed by atoms with van der Waals surface area (Å²) in [5.41, 5.74) is 0.847. The van der Waals surface area contributed by atoms with Crippen LogP contribution in [0.3, 0.4) is 0 Å². The second-order valence-electron chi connectivity index (χ2n) is 4.28. The molecule has 0 bridgehead atoms. The maximum absolute atomic E-state index is 13.5. The normalized spacial score (nSPS) is 10.2. The Labute approximate surface area is 115 Å². The molecule has 104 valence electrons. The number of anilines is 1. The minimum atomic E-state index is -0.517. The fourth-order valence-corrected chi connectivity index (χ4v) is 1.61. The molecule has 0 heterocycles. The van der Waals surface area contributed by atoms with E-state index in [1.165, 1.54) is 36.4 Å². The smallest absolute Gasteiger partial charge is 0.262 e. The standard InChI is InChI=1S/C15H13F2NO2/c1-10-5-6-14(13(17)7-10)18-15(19)9-20-12-4-2-3-11(16)8-12/h2-8H,9H2,1H3,(H,18,19). The lowest BCUT2D eigenvalue weighted by molar-refractivity contribution is -0.118. The van der Waals surface area contributed by atoms with E-state index < -0.39 is 17.5 Å². The first kappa shape index (κ1) is 14.0. The van der Waals surface area contributed by atoms with Crippen LogP contribution in [0.15, 0.2) is 42.5 Å². The van der Waals surface area contributed by atoms with Gasteiger partial charge in [0.15, 0.2) is 6.61 Å². The highest BCUT2D eigenvalue weighted by Crippen LogP contribution is 2.15. The monoisotopic (exact) mass is 277 g/mol. The molecule has 0 spiro atoms. The van der Waals surface area contributed by atoms with E-state index in [-0.39, 0.29) is 18.0 Å². The van der Waals surface area contributed by atoms with Crippen LogP contribution in [0.5, 0.6) is 5.75 Å². The Kier molecular flexibility index (Phi) is 4.30. The Balaban J connectivity index is 1.92. The van der Waals surface area contributed by atoms with E-state index in [4.69, 9.17) is 4.74 Å². The molecule has 0 fully saturated rings.